The van der Waals surface area contributed by atoms with Gasteiger partial charge in [-0.25, -0.2) is 0 Å². The van der Waals surface area contributed by atoms with Gasteiger partial charge in [0.15, 0.2) is 0 Å². The van der Waals surface area contributed by atoms with Gasteiger partial charge in [0.25, 0.3) is 0 Å². The van der Waals surface area contributed by atoms with Gasteiger partial charge in [-0.1, -0.05) is 6.58 Å². The quantitative estimate of drug-likeness (QED) is 0.815. The molecule has 0 aromatic heterocycles. The van der Waals surface area contributed by atoms with Gasteiger partial charge in [-0.3, -0.25) is 0 Å². The van der Waals surface area contributed by atoms with E-state index in [2.05, 4.69) is 6.58 Å². The second-order valence-electron chi connectivity index (χ2n) is 6.19. The van der Waals surface area contributed by atoms with Crippen LogP contribution in [0, 0.1) is 20.8 Å². The van der Waals surface area contributed by atoms with Crippen LogP contribution in [0.25, 0.3) is 0 Å². The van der Waals surface area contributed by atoms with Crippen molar-refractivity contribution in [1.82, 2.24) is 0 Å². The van der Waals surface area contributed by atoms with Crippen LogP contribution in [0.1, 0.15) is 42.5 Å². The molecule has 0 fully saturated rings. The van der Waals surface area contributed by atoms with Crippen LogP contribution < -0.4 is 4.74 Å². The van der Waals surface area contributed by atoms with E-state index in [-0.39, 0.29) is 0 Å². The molecule has 3 heteroatoms. The van der Waals surface area contributed by atoms with Crippen molar-refractivity contribution in [1.29, 1.82) is 0 Å². The fraction of sp³-hybridized carbons (Fsp3) is 0.529. The summed E-state index contributed by atoms with van der Waals surface area (Å²) in [5.41, 5.74) is 3.78. The Bertz CT molecular complexity index is 574. The predicted octanol–water partition coefficient (Wildman–Crippen LogP) is 3.34. The number of aliphatic hydroxyl groups excluding tert-OH is 1. The van der Waals surface area contributed by atoms with Gasteiger partial charge in [0.2, 0.25) is 0 Å². The van der Waals surface area contributed by atoms with Crippen LogP contribution in [0.15, 0.2) is 12.2 Å². The van der Waals surface area contributed by atoms with E-state index in [0.29, 0.717) is 17.7 Å². The van der Waals surface area contributed by atoms with Crippen LogP contribution in [0.4, 0.5) is 0 Å². The summed E-state index contributed by atoms with van der Waals surface area (Å²) >= 11 is 0. The smallest absolute Gasteiger partial charge is 0.136 e. The molecular formula is C17H24O3. The van der Waals surface area contributed by atoms with E-state index in [1.807, 2.05) is 34.6 Å². The van der Waals surface area contributed by atoms with E-state index < -0.39 is 11.7 Å². The molecule has 2 N–H and O–H groups in total. The number of benzene rings is 1. The van der Waals surface area contributed by atoms with Crippen LogP contribution in [0.3, 0.4) is 0 Å². The van der Waals surface area contributed by atoms with Crippen molar-refractivity contribution >= 4 is 0 Å². The van der Waals surface area contributed by atoms with Crippen molar-refractivity contribution in [3.8, 4) is 11.5 Å². The Hall–Kier alpha value is -1.48. The van der Waals surface area contributed by atoms with Gasteiger partial charge in [0.1, 0.15) is 23.2 Å². The lowest BCUT2D eigenvalue weighted by atomic mass is 9.83. The Morgan fingerprint density at radius 1 is 1.25 bits per heavy atom. The number of fused-ring (bicyclic) bond motifs is 1. The third-order valence-electron chi connectivity index (χ3n) is 4.59. The number of phenols is 1. The lowest BCUT2D eigenvalue weighted by Crippen LogP contribution is -2.48. The highest BCUT2D eigenvalue weighted by molar-refractivity contribution is 5.58. The van der Waals surface area contributed by atoms with Gasteiger partial charge >= 0.3 is 0 Å². The van der Waals surface area contributed by atoms with Crippen molar-refractivity contribution in [2.24, 2.45) is 0 Å². The maximum Gasteiger partial charge on any atom is 0.136 e. The molecule has 2 atom stereocenters. The monoisotopic (exact) mass is 276 g/mol. The highest BCUT2D eigenvalue weighted by Gasteiger charge is 2.40. The van der Waals surface area contributed by atoms with E-state index in [9.17, 15) is 10.2 Å². The average molecular weight is 276 g/mol. The molecule has 0 radical (unpaired) electrons. The molecule has 1 heterocycles. The van der Waals surface area contributed by atoms with E-state index >= 15 is 0 Å². The molecule has 1 aliphatic heterocycles. The predicted molar refractivity (Wildman–Crippen MR) is 80.5 cm³/mol. The van der Waals surface area contributed by atoms with Gasteiger partial charge in [-0.05, 0) is 69.7 Å². The first-order valence-electron chi connectivity index (χ1n) is 7.03. The molecule has 0 saturated heterocycles. The van der Waals surface area contributed by atoms with E-state index in [1.54, 1.807) is 0 Å². The lowest BCUT2D eigenvalue weighted by Gasteiger charge is -2.41. The van der Waals surface area contributed by atoms with Crippen molar-refractivity contribution in [2.75, 3.05) is 0 Å². The second-order valence-corrected chi connectivity index (χ2v) is 6.19. The minimum absolute atomic E-state index is 0.355. The van der Waals surface area contributed by atoms with Crippen molar-refractivity contribution in [3.05, 3.63) is 34.4 Å². The zero-order valence-electron chi connectivity index (χ0n) is 13.0. The number of hydrogen-bond donors (Lipinski definition) is 2. The van der Waals surface area contributed by atoms with E-state index in [1.165, 1.54) is 0 Å². The number of aliphatic hydroxyl groups is 1. The largest absolute Gasteiger partial charge is 0.507 e. The molecule has 0 amide bonds. The SMILES string of the molecule is C=C(C)C(O)[C@]1(C)CCc2c(C)c(O)c(C)c(C)c2O1. The number of aromatic hydroxyl groups is 1. The summed E-state index contributed by atoms with van der Waals surface area (Å²) in [6.45, 7) is 13.3. The van der Waals surface area contributed by atoms with Gasteiger partial charge in [0.05, 0.1) is 0 Å². The summed E-state index contributed by atoms with van der Waals surface area (Å²) in [5, 5.41) is 20.5. The van der Waals surface area contributed by atoms with E-state index in [4.69, 9.17) is 4.74 Å². The molecule has 20 heavy (non-hydrogen) atoms. The standard InChI is InChI=1S/C17H24O3/c1-9(2)16(19)17(6)8-7-13-12(5)14(18)10(3)11(4)15(13)20-17/h16,18-19H,1,7-8H2,2-6H3/t16?,17-/m0/s1. The molecule has 0 bridgehead atoms. The zero-order chi connectivity index (χ0) is 15.2. The molecule has 3 nitrogen and oxygen atoms in total. The van der Waals surface area contributed by atoms with Crippen LogP contribution in [0.5, 0.6) is 11.5 Å². The summed E-state index contributed by atoms with van der Waals surface area (Å²) in [5.74, 6) is 1.17. The van der Waals surface area contributed by atoms with Crippen molar-refractivity contribution < 1.29 is 14.9 Å². The highest BCUT2D eigenvalue weighted by Crippen LogP contribution is 2.44. The van der Waals surface area contributed by atoms with Gasteiger partial charge in [-0.15, -0.1) is 0 Å². The van der Waals surface area contributed by atoms with Crippen LogP contribution in [-0.2, 0) is 6.42 Å². The Labute approximate surface area is 120 Å². The summed E-state index contributed by atoms with van der Waals surface area (Å²) < 4.78 is 6.17. The lowest BCUT2D eigenvalue weighted by molar-refractivity contribution is -0.0365. The molecule has 2 rings (SSSR count). The van der Waals surface area contributed by atoms with Crippen LogP contribution in [-0.4, -0.2) is 21.9 Å². The molecular weight excluding hydrogens is 252 g/mol. The maximum atomic E-state index is 10.3. The van der Waals surface area contributed by atoms with E-state index in [0.717, 1.165) is 34.4 Å². The van der Waals surface area contributed by atoms with Crippen molar-refractivity contribution in [3.63, 3.8) is 0 Å². The summed E-state index contributed by atoms with van der Waals surface area (Å²) in [7, 11) is 0. The van der Waals surface area contributed by atoms with Crippen molar-refractivity contribution in [2.45, 2.75) is 59.2 Å². The summed E-state index contributed by atoms with van der Waals surface area (Å²) in [6, 6.07) is 0. The molecule has 1 unspecified atom stereocenters. The van der Waals surface area contributed by atoms with Crippen LogP contribution in [0.2, 0.25) is 0 Å². The number of hydrogen-bond acceptors (Lipinski definition) is 3. The van der Waals surface area contributed by atoms with Crippen LogP contribution >= 0.6 is 0 Å². The Kier molecular flexibility index (Phi) is 3.59. The first-order valence-corrected chi connectivity index (χ1v) is 7.03. The zero-order valence-corrected chi connectivity index (χ0v) is 13.0. The topological polar surface area (TPSA) is 49.7 Å². The molecule has 0 aliphatic carbocycles. The maximum absolute atomic E-state index is 10.3. The molecule has 1 aromatic rings. The molecule has 1 aliphatic rings. The highest BCUT2D eigenvalue weighted by atomic mass is 16.5. The summed E-state index contributed by atoms with van der Waals surface area (Å²) in [4.78, 5) is 0. The Morgan fingerprint density at radius 3 is 2.40 bits per heavy atom. The first-order chi connectivity index (χ1) is 9.19. The third-order valence-corrected chi connectivity index (χ3v) is 4.59. The fourth-order valence-electron chi connectivity index (χ4n) is 2.98. The van der Waals surface area contributed by atoms with Gasteiger partial charge in [-0.2, -0.15) is 0 Å². The number of ether oxygens (including phenoxy) is 1. The van der Waals surface area contributed by atoms with Gasteiger partial charge < -0.3 is 14.9 Å². The third kappa shape index (κ3) is 2.10. The molecule has 110 valence electrons. The summed E-state index contributed by atoms with van der Waals surface area (Å²) in [6.07, 6.45) is 0.803. The second kappa shape index (κ2) is 4.81. The van der Waals surface area contributed by atoms with Gasteiger partial charge in [0, 0.05) is 5.56 Å². The Morgan fingerprint density at radius 2 is 1.85 bits per heavy atom. The Balaban J connectivity index is 2.53. The number of phenolic OH excluding ortho intramolecular Hbond substituents is 1. The molecule has 0 saturated carbocycles. The molecule has 1 aromatic carbocycles. The minimum Gasteiger partial charge on any atom is -0.507 e. The average Bonchev–Trinajstić information content (AvgIpc) is 2.41. The number of rotatable bonds is 2. The fourth-order valence-corrected chi connectivity index (χ4v) is 2.98. The molecule has 0 spiro atoms. The normalized spacial score (nSPS) is 22.9. The first kappa shape index (κ1) is 14.9. The minimum atomic E-state index is -0.690.